The SMILES string of the molecule is Nc1cc(-c2nc3ccccc3s2)ccc1N1CCOCC1. The van der Waals surface area contributed by atoms with E-state index >= 15 is 0 Å². The fourth-order valence-electron chi connectivity index (χ4n) is 2.78. The van der Waals surface area contributed by atoms with Crippen LogP contribution in [0.4, 0.5) is 11.4 Å². The number of hydrogen-bond acceptors (Lipinski definition) is 5. The molecule has 1 aliphatic rings. The van der Waals surface area contributed by atoms with Crippen molar-refractivity contribution in [1.82, 2.24) is 4.98 Å². The molecule has 4 rings (SSSR count). The monoisotopic (exact) mass is 311 g/mol. The quantitative estimate of drug-likeness (QED) is 0.737. The maximum atomic E-state index is 6.28. The molecule has 112 valence electrons. The van der Waals surface area contributed by atoms with Crippen molar-refractivity contribution in [3.63, 3.8) is 0 Å². The molecular formula is C17H17N3OS. The van der Waals surface area contributed by atoms with Crippen molar-refractivity contribution < 1.29 is 4.74 Å². The first-order chi connectivity index (χ1) is 10.8. The highest BCUT2D eigenvalue weighted by molar-refractivity contribution is 7.21. The van der Waals surface area contributed by atoms with Gasteiger partial charge < -0.3 is 15.4 Å². The number of anilines is 2. The number of morpholine rings is 1. The predicted octanol–water partition coefficient (Wildman–Crippen LogP) is 3.38. The van der Waals surface area contributed by atoms with Crippen LogP contribution in [-0.2, 0) is 4.74 Å². The van der Waals surface area contributed by atoms with Crippen molar-refractivity contribution in [2.45, 2.75) is 0 Å². The molecule has 0 atom stereocenters. The van der Waals surface area contributed by atoms with Crippen molar-refractivity contribution in [3.8, 4) is 10.6 Å². The lowest BCUT2D eigenvalue weighted by Crippen LogP contribution is -2.36. The van der Waals surface area contributed by atoms with E-state index in [2.05, 4.69) is 23.1 Å². The minimum atomic E-state index is 0.763. The van der Waals surface area contributed by atoms with Gasteiger partial charge in [0.15, 0.2) is 0 Å². The zero-order valence-corrected chi connectivity index (χ0v) is 13.0. The van der Waals surface area contributed by atoms with Crippen LogP contribution in [0.25, 0.3) is 20.8 Å². The molecule has 0 bridgehead atoms. The van der Waals surface area contributed by atoms with E-state index in [1.807, 2.05) is 24.3 Å². The minimum absolute atomic E-state index is 0.763. The van der Waals surface area contributed by atoms with Crippen molar-refractivity contribution >= 4 is 32.9 Å². The third-order valence-corrected chi connectivity index (χ3v) is 5.01. The number of benzene rings is 2. The normalized spacial score (nSPS) is 15.4. The van der Waals surface area contributed by atoms with Gasteiger partial charge >= 0.3 is 0 Å². The van der Waals surface area contributed by atoms with Gasteiger partial charge in [0.25, 0.3) is 0 Å². The Kier molecular flexibility index (Phi) is 3.44. The topological polar surface area (TPSA) is 51.4 Å². The smallest absolute Gasteiger partial charge is 0.124 e. The molecule has 0 spiro atoms. The Hall–Kier alpha value is -2.11. The van der Waals surface area contributed by atoms with Gasteiger partial charge in [-0.05, 0) is 30.3 Å². The zero-order valence-electron chi connectivity index (χ0n) is 12.2. The number of thiazole rings is 1. The number of aromatic nitrogens is 1. The fourth-order valence-corrected chi connectivity index (χ4v) is 3.74. The Bertz CT molecular complexity index is 776. The third-order valence-electron chi connectivity index (χ3n) is 3.92. The summed E-state index contributed by atoms with van der Waals surface area (Å²) in [6.45, 7) is 3.31. The van der Waals surface area contributed by atoms with Crippen molar-refractivity contribution in [2.75, 3.05) is 36.9 Å². The van der Waals surface area contributed by atoms with Gasteiger partial charge in [-0.2, -0.15) is 0 Å². The molecule has 1 fully saturated rings. The van der Waals surface area contributed by atoms with Crippen LogP contribution in [0, 0.1) is 0 Å². The van der Waals surface area contributed by atoms with Gasteiger partial charge in [0, 0.05) is 18.7 Å². The third kappa shape index (κ3) is 2.42. The summed E-state index contributed by atoms with van der Waals surface area (Å²) in [6.07, 6.45) is 0. The van der Waals surface area contributed by atoms with Gasteiger partial charge in [-0.3, -0.25) is 0 Å². The molecule has 1 saturated heterocycles. The van der Waals surface area contributed by atoms with Gasteiger partial charge in [0.05, 0.1) is 34.8 Å². The molecule has 1 aromatic heterocycles. The van der Waals surface area contributed by atoms with Crippen molar-refractivity contribution in [1.29, 1.82) is 0 Å². The maximum Gasteiger partial charge on any atom is 0.124 e. The Morgan fingerprint density at radius 1 is 1.09 bits per heavy atom. The van der Waals surface area contributed by atoms with Crippen LogP contribution in [0.3, 0.4) is 0 Å². The summed E-state index contributed by atoms with van der Waals surface area (Å²) in [5, 5.41) is 1.02. The molecule has 4 nitrogen and oxygen atoms in total. The summed E-state index contributed by atoms with van der Waals surface area (Å²) in [5.74, 6) is 0. The van der Waals surface area contributed by atoms with Gasteiger partial charge in [-0.15, -0.1) is 11.3 Å². The lowest BCUT2D eigenvalue weighted by molar-refractivity contribution is 0.123. The van der Waals surface area contributed by atoms with Crippen molar-refractivity contribution in [2.24, 2.45) is 0 Å². The van der Waals surface area contributed by atoms with Crippen LogP contribution in [0.15, 0.2) is 42.5 Å². The van der Waals surface area contributed by atoms with Gasteiger partial charge in [0.2, 0.25) is 0 Å². The van der Waals surface area contributed by atoms with Crippen LogP contribution >= 0.6 is 11.3 Å². The number of fused-ring (bicyclic) bond motifs is 1. The molecule has 2 heterocycles. The molecule has 0 unspecified atom stereocenters. The molecular weight excluding hydrogens is 294 g/mol. The molecule has 2 N–H and O–H groups in total. The van der Waals surface area contributed by atoms with Crippen LogP contribution in [-0.4, -0.2) is 31.3 Å². The molecule has 5 heteroatoms. The average molecular weight is 311 g/mol. The minimum Gasteiger partial charge on any atom is -0.397 e. The number of hydrogen-bond donors (Lipinski definition) is 1. The van der Waals surface area contributed by atoms with Gasteiger partial charge in [-0.25, -0.2) is 4.98 Å². The highest BCUT2D eigenvalue weighted by Crippen LogP contribution is 2.34. The first-order valence-electron chi connectivity index (χ1n) is 7.39. The highest BCUT2D eigenvalue weighted by Gasteiger charge is 2.15. The lowest BCUT2D eigenvalue weighted by atomic mass is 10.1. The lowest BCUT2D eigenvalue weighted by Gasteiger charge is -2.29. The number of nitrogens with zero attached hydrogens (tertiary/aromatic N) is 2. The maximum absolute atomic E-state index is 6.28. The number of para-hydroxylation sites is 1. The first-order valence-corrected chi connectivity index (χ1v) is 8.21. The summed E-state index contributed by atoms with van der Waals surface area (Å²) >= 11 is 1.70. The zero-order chi connectivity index (χ0) is 14.9. The number of nitrogen functional groups attached to an aromatic ring is 1. The molecule has 0 amide bonds. The molecule has 0 radical (unpaired) electrons. The van der Waals surface area contributed by atoms with Gasteiger partial charge in [0.1, 0.15) is 5.01 Å². The predicted molar refractivity (Wildman–Crippen MR) is 92.5 cm³/mol. The van der Waals surface area contributed by atoms with E-state index in [9.17, 15) is 0 Å². The Morgan fingerprint density at radius 2 is 1.91 bits per heavy atom. The molecule has 3 aromatic rings. The van der Waals surface area contributed by atoms with E-state index in [0.29, 0.717) is 0 Å². The molecule has 1 aliphatic heterocycles. The fraction of sp³-hybridized carbons (Fsp3) is 0.235. The molecule has 0 aliphatic carbocycles. The largest absolute Gasteiger partial charge is 0.397 e. The second-order valence-corrected chi connectivity index (χ2v) is 6.39. The van der Waals surface area contributed by atoms with E-state index in [0.717, 1.165) is 53.8 Å². The summed E-state index contributed by atoms with van der Waals surface area (Å²) in [5.41, 5.74) is 10.3. The number of nitrogens with two attached hydrogens (primary N) is 1. The van der Waals surface area contributed by atoms with Gasteiger partial charge in [-0.1, -0.05) is 12.1 Å². The molecule has 22 heavy (non-hydrogen) atoms. The van der Waals surface area contributed by atoms with Crippen LogP contribution in [0.2, 0.25) is 0 Å². The standard InChI is InChI=1S/C17H17N3OS/c18-13-11-12(5-6-15(13)20-7-9-21-10-8-20)17-19-14-3-1-2-4-16(14)22-17/h1-6,11H,7-10,18H2. The Morgan fingerprint density at radius 3 is 2.68 bits per heavy atom. The number of rotatable bonds is 2. The van der Waals surface area contributed by atoms with Crippen LogP contribution in [0.5, 0.6) is 0 Å². The first kappa shape index (κ1) is 13.5. The molecule has 0 saturated carbocycles. The van der Waals surface area contributed by atoms with Crippen molar-refractivity contribution in [3.05, 3.63) is 42.5 Å². The summed E-state index contributed by atoms with van der Waals surface area (Å²) in [4.78, 5) is 6.97. The van der Waals surface area contributed by atoms with E-state index < -0.39 is 0 Å². The van der Waals surface area contributed by atoms with Crippen LogP contribution in [0.1, 0.15) is 0 Å². The highest BCUT2D eigenvalue weighted by atomic mass is 32.1. The Labute approximate surface area is 133 Å². The number of ether oxygens (including phenoxy) is 1. The van der Waals surface area contributed by atoms with Crippen LogP contribution < -0.4 is 10.6 Å². The summed E-state index contributed by atoms with van der Waals surface area (Å²) in [6, 6.07) is 14.4. The second-order valence-electron chi connectivity index (χ2n) is 5.36. The van der Waals surface area contributed by atoms with E-state index in [1.54, 1.807) is 11.3 Å². The van der Waals surface area contributed by atoms with E-state index in [-0.39, 0.29) is 0 Å². The second kappa shape index (κ2) is 5.59. The summed E-state index contributed by atoms with van der Waals surface area (Å²) < 4.78 is 6.60. The Balaban J connectivity index is 1.69. The summed E-state index contributed by atoms with van der Waals surface area (Å²) in [7, 11) is 0. The van der Waals surface area contributed by atoms with E-state index in [4.69, 9.17) is 15.5 Å². The molecule has 2 aromatic carbocycles. The average Bonchev–Trinajstić information content (AvgIpc) is 2.99. The van der Waals surface area contributed by atoms with E-state index in [1.165, 1.54) is 4.70 Å².